The van der Waals surface area contributed by atoms with Crippen molar-refractivity contribution in [1.82, 2.24) is 9.97 Å². The highest BCUT2D eigenvalue weighted by atomic mass is 35.5. The van der Waals surface area contributed by atoms with Crippen LogP contribution in [0.1, 0.15) is 0 Å². The van der Waals surface area contributed by atoms with Gasteiger partial charge in [0.1, 0.15) is 5.82 Å². The molecular weight excluding hydrogens is 304 g/mol. The van der Waals surface area contributed by atoms with Gasteiger partial charge in [-0.3, -0.25) is 10.1 Å². The van der Waals surface area contributed by atoms with Crippen LogP contribution in [-0.2, 0) is 0 Å². The smallest absolute Gasteiger partial charge is 0.281 e. The van der Waals surface area contributed by atoms with Crippen molar-refractivity contribution >= 4 is 28.3 Å². The molecule has 0 atom stereocenters. The van der Waals surface area contributed by atoms with Gasteiger partial charge in [-0.2, -0.15) is 0 Å². The molecule has 0 amide bonds. The van der Waals surface area contributed by atoms with Crippen molar-refractivity contribution < 1.29 is 13.7 Å². The number of nitrogens with one attached hydrogen (secondary N) is 1. The number of fused-ring (bicyclic) bond motifs is 1. The van der Waals surface area contributed by atoms with Crippen molar-refractivity contribution in [1.29, 1.82) is 0 Å². The lowest BCUT2D eigenvalue weighted by atomic mass is 10.1. The number of nitro groups is 1. The Morgan fingerprint density at radius 1 is 1.19 bits per heavy atom. The fraction of sp³-hybridized carbons (Fsp3) is 0. The standard InChI is InChI=1S/C13H6ClF2N3O2/c14-6-1-2-7(12(3-6)19(20)21)13-17-10-4-8(15)9(16)5-11(10)18-13/h1-5H,(H,17,18). The molecule has 2 aromatic carbocycles. The molecule has 1 heterocycles. The number of nitro benzene ring substituents is 1. The molecule has 8 heteroatoms. The van der Waals surface area contributed by atoms with Gasteiger partial charge in [0.25, 0.3) is 5.69 Å². The summed E-state index contributed by atoms with van der Waals surface area (Å²) in [7, 11) is 0. The van der Waals surface area contributed by atoms with Gasteiger partial charge in [-0.1, -0.05) is 11.6 Å². The summed E-state index contributed by atoms with van der Waals surface area (Å²) < 4.78 is 26.3. The van der Waals surface area contributed by atoms with Gasteiger partial charge in [0.05, 0.1) is 21.5 Å². The van der Waals surface area contributed by atoms with Gasteiger partial charge in [-0.05, 0) is 12.1 Å². The maximum Gasteiger partial charge on any atom is 0.281 e. The minimum Gasteiger partial charge on any atom is -0.338 e. The summed E-state index contributed by atoms with van der Waals surface area (Å²) in [6.07, 6.45) is 0. The van der Waals surface area contributed by atoms with E-state index in [2.05, 4.69) is 9.97 Å². The highest BCUT2D eigenvalue weighted by Gasteiger charge is 2.19. The Balaban J connectivity index is 2.23. The first-order valence-electron chi connectivity index (χ1n) is 5.75. The summed E-state index contributed by atoms with van der Waals surface area (Å²) in [5.74, 6) is -1.92. The molecule has 3 rings (SSSR count). The lowest BCUT2D eigenvalue weighted by Crippen LogP contribution is -1.93. The molecule has 0 saturated carbocycles. The van der Waals surface area contributed by atoms with E-state index in [1.165, 1.54) is 18.2 Å². The van der Waals surface area contributed by atoms with E-state index in [1.54, 1.807) is 0 Å². The second-order valence-corrected chi connectivity index (χ2v) is 4.72. The van der Waals surface area contributed by atoms with E-state index < -0.39 is 16.6 Å². The molecule has 0 bridgehead atoms. The number of hydrogen-bond acceptors (Lipinski definition) is 3. The van der Waals surface area contributed by atoms with E-state index >= 15 is 0 Å². The van der Waals surface area contributed by atoms with Crippen LogP contribution < -0.4 is 0 Å². The highest BCUT2D eigenvalue weighted by Crippen LogP contribution is 2.32. The van der Waals surface area contributed by atoms with Crippen LogP contribution in [0.5, 0.6) is 0 Å². The summed E-state index contributed by atoms with van der Waals surface area (Å²) in [5.41, 5.74) is 0.352. The third-order valence-corrected chi connectivity index (χ3v) is 3.17. The van der Waals surface area contributed by atoms with E-state index in [4.69, 9.17) is 11.6 Å². The highest BCUT2D eigenvalue weighted by molar-refractivity contribution is 6.30. The molecular formula is C13H6ClF2N3O2. The van der Waals surface area contributed by atoms with E-state index in [-0.39, 0.29) is 33.1 Å². The Morgan fingerprint density at radius 2 is 1.90 bits per heavy atom. The lowest BCUT2D eigenvalue weighted by molar-refractivity contribution is -0.384. The molecule has 1 aromatic heterocycles. The molecule has 3 aromatic rings. The second-order valence-electron chi connectivity index (χ2n) is 4.29. The van der Waals surface area contributed by atoms with Crippen LogP contribution in [0.3, 0.4) is 0 Å². The minimum atomic E-state index is -1.04. The Labute approximate surface area is 121 Å². The van der Waals surface area contributed by atoms with Crippen LogP contribution >= 0.6 is 11.6 Å². The summed E-state index contributed by atoms with van der Waals surface area (Å²) in [6.45, 7) is 0. The maximum atomic E-state index is 13.2. The van der Waals surface area contributed by atoms with Gasteiger partial charge in [0.2, 0.25) is 0 Å². The summed E-state index contributed by atoms with van der Waals surface area (Å²) in [4.78, 5) is 17.2. The number of H-pyrrole nitrogens is 1. The third kappa shape index (κ3) is 2.31. The minimum absolute atomic E-state index is 0.137. The van der Waals surface area contributed by atoms with Crippen LogP contribution in [-0.4, -0.2) is 14.9 Å². The van der Waals surface area contributed by atoms with Crippen molar-refractivity contribution in [2.75, 3.05) is 0 Å². The van der Waals surface area contributed by atoms with Gasteiger partial charge in [-0.25, -0.2) is 13.8 Å². The molecule has 0 radical (unpaired) electrons. The first kappa shape index (κ1) is 13.4. The number of rotatable bonds is 2. The maximum absolute atomic E-state index is 13.2. The fourth-order valence-corrected chi connectivity index (χ4v) is 2.15. The molecule has 0 aliphatic carbocycles. The van der Waals surface area contributed by atoms with Gasteiger partial charge >= 0.3 is 0 Å². The summed E-state index contributed by atoms with van der Waals surface area (Å²) in [5, 5.41) is 11.3. The van der Waals surface area contributed by atoms with Crippen LogP contribution in [0.4, 0.5) is 14.5 Å². The SMILES string of the molecule is O=[N+]([O-])c1cc(Cl)ccc1-c1nc2cc(F)c(F)cc2[nH]1. The van der Waals surface area contributed by atoms with E-state index in [9.17, 15) is 18.9 Å². The second kappa shape index (κ2) is 4.78. The average Bonchev–Trinajstić information content (AvgIpc) is 2.81. The molecule has 0 fully saturated rings. The molecule has 0 saturated heterocycles. The van der Waals surface area contributed by atoms with Crippen LogP contribution in [0.25, 0.3) is 22.4 Å². The summed E-state index contributed by atoms with van der Waals surface area (Å²) >= 11 is 5.73. The van der Waals surface area contributed by atoms with E-state index in [0.717, 1.165) is 12.1 Å². The number of halogens is 3. The number of nitrogens with zero attached hydrogens (tertiary/aromatic N) is 2. The fourth-order valence-electron chi connectivity index (χ4n) is 1.99. The zero-order chi connectivity index (χ0) is 15.1. The summed E-state index contributed by atoms with van der Waals surface area (Å²) in [6, 6.07) is 5.95. The quantitative estimate of drug-likeness (QED) is 0.573. The van der Waals surface area contributed by atoms with Crippen molar-refractivity contribution in [3.05, 3.63) is 57.1 Å². The number of hydrogen-bond donors (Lipinski definition) is 1. The topological polar surface area (TPSA) is 71.8 Å². The van der Waals surface area contributed by atoms with Crippen LogP contribution in [0, 0.1) is 21.7 Å². The molecule has 0 aliphatic heterocycles. The Kier molecular flexibility index (Phi) is 3.06. The zero-order valence-corrected chi connectivity index (χ0v) is 11.0. The number of aromatic amines is 1. The molecule has 21 heavy (non-hydrogen) atoms. The molecule has 1 N–H and O–H groups in total. The first-order valence-corrected chi connectivity index (χ1v) is 6.12. The predicted molar refractivity (Wildman–Crippen MR) is 73.1 cm³/mol. The van der Waals surface area contributed by atoms with Gasteiger partial charge in [0, 0.05) is 23.2 Å². The van der Waals surface area contributed by atoms with Crippen molar-refractivity contribution in [2.45, 2.75) is 0 Å². The monoisotopic (exact) mass is 309 g/mol. The Bertz CT molecular complexity index is 840. The van der Waals surface area contributed by atoms with Crippen molar-refractivity contribution in [2.24, 2.45) is 0 Å². The Hall–Kier alpha value is -2.54. The number of imidazole rings is 1. The van der Waals surface area contributed by atoms with Crippen molar-refractivity contribution in [3.63, 3.8) is 0 Å². The lowest BCUT2D eigenvalue weighted by Gasteiger charge is -1.99. The molecule has 0 aliphatic rings. The molecule has 0 unspecified atom stereocenters. The zero-order valence-electron chi connectivity index (χ0n) is 10.2. The van der Waals surface area contributed by atoms with Crippen molar-refractivity contribution in [3.8, 4) is 11.4 Å². The molecule has 106 valence electrons. The molecule has 5 nitrogen and oxygen atoms in total. The van der Waals surface area contributed by atoms with Gasteiger partial charge in [0.15, 0.2) is 11.6 Å². The number of aromatic nitrogens is 2. The van der Waals surface area contributed by atoms with E-state index in [1.807, 2.05) is 0 Å². The van der Waals surface area contributed by atoms with Crippen LogP contribution in [0.2, 0.25) is 5.02 Å². The van der Waals surface area contributed by atoms with Gasteiger partial charge in [-0.15, -0.1) is 0 Å². The Morgan fingerprint density at radius 3 is 2.62 bits per heavy atom. The first-order chi connectivity index (χ1) is 9.95. The van der Waals surface area contributed by atoms with Crippen LogP contribution in [0.15, 0.2) is 30.3 Å². The van der Waals surface area contributed by atoms with Gasteiger partial charge < -0.3 is 4.98 Å². The normalized spacial score (nSPS) is 11.0. The average molecular weight is 310 g/mol. The largest absolute Gasteiger partial charge is 0.338 e. The predicted octanol–water partition coefficient (Wildman–Crippen LogP) is 4.07. The third-order valence-electron chi connectivity index (χ3n) is 2.94. The molecule has 0 spiro atoms. The van der Waals surface area contributed by atoms with E-state index in [0.29, 0.717) is 0 Å². The number of benzene rings is 2.